The van der Waals surface area contributed by atoms with Gasteiger partial charge in [0, 0.05) is 0 Å². The molecule has 2 N–H and O–H groups in total. The summed E-state index contributed by atoms with van der Waals surface area (Å²) < 4.78 is 0. The number of carboxylic acid groups (broad SMARTS) is 1. The second kappa shape index (κ2) is 8.72. The fraction of sp³-hybridized carbons (Fsp3) is 0.917. The van der Waals surface area contributed by atoms with Gasteiger partial charge in [0.2, 0.25) is 0 Å². The topological polar surface area (TPSA) is 57.5 Å². The summed E-state index contributed by atoms with van der Waals surface area (Å²) in [4.78, 5) is 10.6. The van der Waals surface area contributed by atoms with Crippen LogP contribution in [0.15, 0.2) is 0 Å². The number of hydrogen-bond acceptors (Lipinski definition) is 2. The predicted octanol–water partition coefficient (Wildman–Crippen LogP) is 2.82. The Morgan fingerprint density at radius 1 is 1.13 bits per heavy atom. The fourth-order valence-electron chi connectivity index (χ4n) is 1.55. The molecule has 0 spiro atoms. The third kappa shape index (κ3) is 7.37. The first-order valence-electron chi connectivity index (χ1n) is 6.00. The summed E-state index contributed by atoms with van der Waals surface area (Å²) in [6.45, 7) is 3.74. The summed E-state index contributed by atoms with van der Waals surface area (Å²) in [6.07, 6.45) is 6.91. The molecule has 3 heteroatoms. The van der Waals surface area contributed by atoms with Crippen molar-refractivity contribution in [2.75, 3.05) is 0 Å². The van der Waals surface area contributed by atoms with E-state index in [1.807, 2.05) is 0 Å². The third-order valence-electron chi connectivity index (χ3n) is 2.82. The van der Waals surface area contributed by atoms with Crippen LogP contribution in [0.25, 0.3) is 0 Å². The largest absolute Gasteiger partial charge is 0.481 e. The minimum Gasteiger partial charge on any atom is -0.481 e. The van der Waals surface area contributed by atoms with Gasteiger partial charge in [-0.25, -0.2) is 0 Å². The lowest BCUT2D eigenvalue weighted by Crippen LogP contribution is -2.25. The summed E-state index contributed by atoms with van der Waals surface area (Å²) in [6, 6.07) is 0. The number of aliphatic hydroxyl groups excluding tert-OH is 1. The van der Waals surface area contributed by atoms with Crippen LogP contribution in [-0.4, -0.2) is 22.3 Å². The summed E-state index contributed by atoms with van der Waals surface area (Å²) in [5, 5.41) is 18.2. The average molecular weight is 216 g/mol. The number of unbranched alkanes of at least 4 members (excludes halogenated alkanes) is 5. The van der Waals surface area contributed by atoms with Gasteiger partial charge in [-0.3, -0.25) is 4.79 Å². The molecule has 0 radical (unpaired) electrons. The molecule has 90 valence electrons. The first-order valence-corrected chi connectivity index (χ1v) is 6.00. The Morgan fingerprint density at radius 3 is 2.20 bits per heavy atom. The molecule has 0 rings (SSSR count). The quantitative estimate of drug-likeness (QED) is 0.583. The zero-order chi connectivity index (χ0) is 11.7. The Labute approximate surface area is 92.5 Å². The highest BCUT2D eigenvalue weighted by Crippen LogP contribution is 2.13. The number of carboxylic acids is 1. The monoisotopic (exact) mass is 216 g/mol. The molecule has 0 saturated carbocycles. The lowest BCUT2D eigenvalue weighted by Gasteiger charge is -2.14. The van der Waals surface area contributed by atoms with Crippen LogP contribution >= 0.6 is 0 Å². The van der Waals surface area contributed by atoms with Gasteiger partial charge in [0.25, 0.3) is 0 Å². The summed E-state index contributed by atoms with van der Waals surface area (Å²) in [5.41, 5.74) is 0. The van der Waals surface area contributed by atoms with Crippen molar-refractivity contribution in [3.63, 3.8) is 0 Å². The molecule has 0 aromatic carbocycles. The van der Waals surface area contributed by atoms with E-state index in [1.54, 1.807) is 6.92 Å². The first kappa shape index (κ1) is 14.4. The molecule has 0 aliphatic heterocycles. The van der Waals surface area contributed by atoms with E-state index in [4.69, 9.17) is 5.11 Å². The summed E-state index contributed by atoms with van der Waals surface area (Å²) >= 11 is 0. The fourth-order valence-corrected chi connectivity index (χ4v) is 1.55. The van der Waals surface area contributed by atoms with Crippen LogP contribution in [0.2, 0.25) is 0 Å². The van der Waals surface area contributed by atoms with Crippen molar-refractivity contribution in [1.29, 1.82) is 0 Å². The molecular formula is C12H24O3. The second-order valence-corrected chi connectivity index (χ2v) is 4.25. The minimum atomic E-state index is -0.909. The molecule has 0 saturated heterocycles. The normalized spacial score (nSPS) is 14.9. The zero-order valence-corrected chi connectivity index (χ0v) is 9.91. The van der Waals surface area contributed by atoms with Crippen LogP contribution in [0, 0.1) is 5.92 Å². The molecule has 0 fully saturated rings. The van der Waals surface area contributed by atoms with Crippen LogP contribution in [0.3, 0.4) is 0 Å². The van der Waals surface area contributed by atoms with Gasteiger partial charge in [0.15, 0.2) is 0 Å². The molecule has 15 heavy (non-hydrogen) atoms. The molecule has 3 nitrogen and oxygen atoms in total. The summed E-state index contributed by atoms with van der Waals surface area (Å²) in [5.74, 6) is -1.55. The molecule has 0 aliphatic carbocycles. The van der Waals surface area contributed by atoms with E-state index in [0.717, 1.165) is 12.8 Å². The lowest BCUT2D eigenvalue weighted by molar-refractivity contribution is -0.144. The maximum absolute atomic E-state index is 10.6. The number of rotatable bonds is 9. The highest BCUT2D eigenvalue weighted by atomic mass is 16.4. The van der Waals surface area contributed by atoms with Crippen molar-refractivity contribution >= 4 is 5.97 Å². The number of aliphatic hydroxyl groups is 1. The van der Waals surface area contributed by atoms with Crippen LogP contribution in [0.1, 0.15) is 58.8 Å². The van der Waals surface area contributed by atoms with Crippen molar-refractivity contribution in [2.24, 2.45) is 5.92 Å². The standard InChI is InChI=1S/C12H24O3/c1-3-4-5-6-7-8-9-11(13)10(2)12(14)15/h10-11,13H,3-9H2,1-2H3,(H,14,15). The van der Waals surface area contributed by atoms with Crippen molar-refractivity contribution < 1.29 is 15.0 Å². The molecular weight excluding hydrogens is 192 g/mol. The molecule has 2 atom stereocenters. The SMILES string of the molecule is CCCCCCCCC(O)C(C)C(=O)O. The van der Waals surface area contributed by atoms with E-state index >= 15 is 0 Å². The van der Waals surface area contributed by atoms with Gasteiger partial charge >= 0.3 is 5.97 Å². The molecule has 0 bridgehead atoms. The molecule has 0 aromatic heterocycles. The average Bonchev–Trinajstić information content (AvgIpc) is 2.21. The van der Waals surface area contributed by atoms with E-state index in [9.17, 15) is 9.90 Å². The lowest BCUT2D eigenvalue weighted by atomic mass is 9.99. The highest BCUT2D eigenvalue weighted by molar-refractivity contribution is 5.70. The Hall–Kier alpha value is -0.570. The van der Waals surface area contributed by atoms with Gasteiger partial charge in [-0.15, -0.1) is 0 Å². The Morgan fingerprint density at radius 2 is 1.67 bits per heavy atom. The van der Waals surface area contributed by atoms with Crippen LogP contribution in [-0.2, 0) is 4.79 Å². The van der Waals surface area contributed by atoms with E-state index in [-0.39, 0.29) is 0 Å². The smallest absolute Gasteiger partial charge is 0.308 e. The predicted molar refractivity (Wildman–Crippen MR) is 60.8 cm³/mol. The van der Waals surface area contributed by atoms with E-state index < -0.39 is 18.0 Å². The van der Waals surface area contributed by atoms with E-state index in [2.05, 4.69) is 6.92 Å². The van der Waals surface area contributed by atoms with Gasteiger partial charge < -0.3 is 10.2 Å². The molecule has 2 unspecified atom stereocenters. The third-order valence-corrected chi connectivity index (χ3v) is 2.82. The Balaban J connectivity index is 3.38. The van der Waals surface area contributed by atoms with Gasteiger partial charge in [0.05, 0.1) is 12.0 Å². The van der Waals surface area contributed by atoms with Crippen molar-refractivity contribution in [2.45, 2.75) is 64.9 Å². The van der Waals surface area contributed by atoms with E-state index in [0.29, 0.717) is 6.42 Å². The van der Waals surface area contributed by atoms with Crippen molar-refractivity contribution in [3.05, 3.63) is 0 Å². The maximum Gasteiger partial charge on any atom is 0.308 e. The Bertz CT molecular complexity index is 168. The molecule has 0 heterocycles. The molecule has 0 aliphatic rings. The van der Waals surface area contributed by atoms with Crippen LogP contribution in [0.4, 0.5) is 0 Å². The second-order valence-electron chi connectivity index (χ2n) is 4.25. The highest BCUT2D eigenvalue weighted by Gasteiger charge is 2.20. The number of aliphatic carboxylic acids is 1. The van der Waals surface area contributed by atoms with Gasteiger partial charge in [0.1, 0.15) is 0 Å². The van der Waals surface area contributed by atoms with Crippen molar-refractivity contribution in [3.8, 4) is 0 Å². The van der Waals surface area contributed by atoms with Crippen molar-refractivity contribution in [1.82, 2.24) is 0 Å². The first-order chi connectivity index (χ1) is 7.09. The Kier molecular flexibility index (Phi) is 8.38. The van der Waals surface area contributed by atoms with E-state index in [1.165, 1.54) is 25.7 Å². The number of hydrogen-bond donors (Lipinski definition) is 2. The van der Waals surface area contributed by atoms with Gasteiger partial charge in [-0.1, -0.05) is 45.4 Å². The zero-order valence-electron chi connectivity index (χ0n) is 9.91. The molecule has 0 amide bonds. The van der Waals surface area contributed by atoms with Gasteiger partial charge in [-0.2, -0.15) is 0 Å². The number of carbonyl (C=O) groups is 1. The maximum atomic E-state index is 10.6. The minimum absolute atomic E-state index is 0.611. The molecule has 0 aromatic rings. The summed E-state index contributed by atoms with van der Waals surface area (Å²) in [7, 11) is 0. The van der Waals surface area contributed by atoms with Crippen LogP contribution < -0.4 is 0 Å². The van der Waals surface area contributed by atoms with Crippen LogP contribution in [0.5, 0.6) is 0 Å². The van der Waals surface area contributed by atoms with Gasteiger partial charge in [-0.05, 0) is 13.3 Å².